The van der Waals surface area contributed by atoms with Crippen LogP contribution < -0.4 is 4.90 Å². The van der Waals surface area contributed by atoms with Gasteiger partial charge in [-0.25, -0.2) is 0 Å². The third-order valence-electron chi connectivity index (χ3n) is 13.0. The summed E-state index contributed by atoms with van der Waals surface area (Å²) in [6, 6.07) is 96.8. The standard InChI is InChI=1S/C64H44N2/c1-4-17-45(18-5-1)50-22-14-23-51(43-50)46-33-38-54(39-34-46)65(55-40-35-49(36-41-55)58-29-13-12-28-57(58)47-19-6-2-7-20-47)56-27-15-24-52(44-56)59-31-16-32-62-63(59)61-42-37-48-21-10-11-30-60(48)64(61)66(62)53-25-8-3-9-26-53/h1-44H. The summed E-state index contributed by atoms with van der Waals surface area (Å²) in [4.78, 5) is 2.39. The van der Waals surface area contributed by atoms with Gasteiger partial charge in [0.1, 0.15) is 0 Å². The molecule has 66 heavy (non-hydrogen) atoms. The lowest BCUT2D eigenvalue weighted by atomic mass is 9.94. The first-order chi connectivity index (χ1) is 32.7. The quantitative estimate of drug-likeness (QED) is 0.141. The number of anilines is 3. The van der Waals surface area contributed by atoms with Gasteiger partial charge < -0.3 is 9.47 Å². The van der Waals surface area contributed by atoms with E-state index in [4.69, 9.17) is 0 Å². The largest absolute Gasteiger partial charge is 0.310 e. The number of rotatable bonds is 9. The van der Waals surface area contributed by atoms with E-state index in [2.05, 4.69) is 276 Å². The Morgan fingerprint density at radius 3 is 1.47 bits per heavy atom. The number of benzene rings is 11. The summed E-state index contributed by atoms with van der Waals surface area (Å²) in [5, 5.41) is 4.96. The van der Waals surface area contributed by atoms with Crippen LogP contribution in [0.4, 0.5) is 17.1 Å². The minimum atomic E-state index is 1.08. The van der Waals surface area contributed by atoms with Crippen molar-refractivity contribution in [3.05, 3.63) is 267 Å². The Hall–Kier alpha value is -8.72. The Labute approximate surface area is 385 Å². The Bertz CT molecular complexity index is 3660. The molecule has 12 aromatic rings. The molecule has 2 nitrogen and oxygen atoms in total. The molecule has 0 atom stereocenters. The molecule has 0 bridgehead atoms. The fraction of sp³-hybridized carbons (Fsp3) is 0. The van der Waals surface area contributed by atoms with Gasteiger partial charge in [0.15, 0.2) is 0 Å². The minimum Gasteiger partial charge on any atom is -0.310 e. The van der Waals surface area contributed by atoms with E-state index in [1.54, 1.807) is 0 Å². The van der Waals surface area contributed by atoms with Crippen LogP contribution >= 0.6 is 0 Å². The molecule has 0 fully saturated rings. The molecule has 0 N–H and O–H groups in total. The van der Waals surface area contributed by atoms with Crippen molar-refractivity contribution >= 4 is 49.6 Å². The molecule has 0 saturated carbocycles. The maximum Gasteiger partial charge on any atom is 0.0619 e. The van der Waals surface area contributed by atoms with Gasteiger partial charge in [-0.05, 0) is 122 Å². The van der Waals surface area contributed by atoms with Crippen molar-refractivity contribution in [2.24, 2.45) is 0 Å². The topological polar surface area (TPSA) is 8.17 Å². The van der Waals surface area contributed by atoms with E-state index in [9.17, 15) is 0 Å². The Morgan fingerprint density at radius 1 is 0.273 bits per heavy atom. The number of hydrogen-bond acceptors (Lipinski definition) is 1. The molecule has 0 radical (unpaired) electrons. The van der Waals surface area contributed by atoms with E-state index >= 15 is 0 Å². The first-order valence-corrected chi connectivity index (χ1v) is 22.7. The van der Waals surface area contributed by atoms with E-state index in [1.165, 1.54) is 82.6 Å². The van der Waals surface area contributed by atoms with Crippen LogP contribution in [-0.2, 0) is 0 Å². The van der Waals surface area contributed by atoms with Gasteiger partial charge in [-0.15, -0.1) is 0 Å². The third kappa shape index (κ3) is 7.02. The number of hydrogen-bond donors (Lipinski definition) is 0. The van der Waals surface area contributed by atoms with Crippen molar-refractivity contribution in [1.29, 1.82) is 0 Å². The van der Waals surface area contributed by atoms with Gasteiger partial charge in [-0.2, -0.15) is 0 Å². The molecule has 0 spiro atoms. The molecule has 0 aliphatic carbocycles. The van der Waals surface area contributed by atoms with Crippen LogP contribution in [0.1, 0.15) is 0 Å². The fourth-order valence-corrected chi connectivity index (χ4v) is 9.88. The Kier molecular flexibility index (Phi) is 9.89. The summed E-state index contributed by atoms with van der Waals surface area (Å²) in [6.45, 7) is 0. The van der Waals surface area contributed by atoms with Crippen LogP contribution in [-0.4, -0.2) is 4.57 Å². The van der Waals surface area contributed by atoms with Crippen molar-refractivity contribution in [3.8, 4) is 61.3 Å². The van der Waals surface area contributed by atoms with Crippen molar-refractivity contribution in [2.75, 3.05) is 4.90 Å². The van der Waals surface area contributed by atoms with Gasteiger partial charge >= 0.3 is 0 Å². The first-order valence-electron chi connectivity index (χ1n) is 22.7. The number of para-hydroxylation sites is 1. The monoisotopic (exact) mass is 840 g/mol. The highest BCUT2D eigenvalue weighted by molar-refractivity contribution is 6.22. The highest BCUT2D eigenvalue weighted by Gasteiger charge is 2.20. The SMILES string of the molecule is c1ccc(-c2cccc(-c3ccc(N(c4ccc(-c5ccccc5-c5ccccc5)cc4)c4cccc(-c5cccc6c5c5ccc7ccccc7c5n6-c5ccccc5)c4)cc3)c2)cc1. The lowest BCUT2D eigenvalue weighted by Crippen LogP contribution is -2.10. The molecule has 1 aromatic heterocycles. The average molecular weight is 841 g/mol. The van der Waals surface area contributed by atoms with Crippen molar-refractivity contribution in [1.82, 2.24) is 4.57 Å². The lowest BCUT2D eigenvalue weighted by Gasteiger charge is -2.26. The van der Waals surface area contributed by atoms with Gasteiger partial charge in [-0.3, -0.25) is 0 Å². The zero-order valence-electron chi connectivity index (χ0n) is 36.3. The van der Waals surface area contributed by atoms with E-state index < -0.39 is 0 Å². The Morgan fingerprint density at radius 2 is 0.773 bits per heavy atom. The highest BCUT2D eigenvalue weighted by atomic mass is 15.1. The van der Waals surface area contributed by atoms with Crippen LogP contribution in [0, 0.1) is 0 Å². The van der Waals surface area contributed by atoms with Gasteiger partial charge in [0.05, 0.1) is 11.0 Å². The average Bonchev–Trinajstić information content (AvgIpc) is 3.75. The van der Waals surface area contributed by atoms with Gasteiger partial charge in [0.2, 0.25) is 0 Å². The first kappa shape index (κ1) is 38.9. The van der Waals surface area contributed by atoms with Crippen LogP contribution in [0.5, 0.6) is 0 Å². The van der Waals surface area contributed by atoms with Crippen molar-refractivity contribution < 1.29 is 0 Å². The molecule has 0 aliphatic rings. The molecule has 0 aliphatic heterocycles. The summed E-state index contributed by atoms with van der Waals surface area (Å²) in [5.74, 6) is 0. The van der Waals surface area contributed by atoms with E-state index in [-0.39, 0.29) is 0 Å². The molecule has 310 valence electrons. The minimum absolute atomic E-state index is 1.08. The van der Waals surface area contributed by atoms with Gasteiger partial charge in [-0.1, -0.05) is 206 Å². The molecule has 0 amide bonds. The maximum absolute atomic E-state index is 2.45. The number of aromatic nitrogens is 1. The molecule has 0 unspecified atom stereocenters. The molecule has 2 heteroatoms. The fourth-order valence-electron chi connectivity index (χ4n) is 9.88. The van der Waals surface area contributed by atoms with E-state index in [0.717, 1.165) is 28.3 Å². The van der Waals surface area contributed by atoms with Crippen molar-refractivity contribution in [3.63, 3.8) is 0 Å². The third-order valence-corrected chi connectivity index (χ3v) is 13.0. The lowest BCUT2D eigenvalue weighted by molar-refractivity contribution is 1.19. The zero-order chi connectivity index (χ0) is 43.8. The van der Waals surface area contributed by atoms with Gasteiger partial charge in [0.25, 0.3) is 0 Å². The van der Waals surface area contributed by atoms with Crippen molar-refractivity contribution in [2.45, 2.75) is 0 Å². The van der Waals surface area contributed by atoms with Gasteiger partial charge in [0, 0.05) is 38.9 Å². The molecule has 0 saturated heterocycles. The number of fused-ring (bicyclic) bond motifs is 5. The molecule has 11 aromatic carbocycles. The molecule has 12 rings (SSSR count). The molecule has 1 heterocycles. The summed E-state index contributed by atoms with van der Waals surface area (Å²) >= 11 is 0. The summed E-state index contributed by atoms with van der Waals surface area (Å²) in [7, 11) is 0. The van der Waals surface area contributed by atoms with Crippen LogP contribution in [0.25, 0.3) is 93.9 Å². The normalized spacial score (nSPS) is 11.3. The highest BCUT2D eigenvalue weighted by Crippen LogP contribution is 2.44. The second-order valence-electron chi connectivity index (χ2n) is 16.9. The molecular weight excluding hydrogens is 797 g/mol. The second-order valence-corrected chi connectivity index (χ2v) is 16.9. The van der Waals surface area contributed by atoms with E-state index in [1.807, 2.05) is 0 Å². The van der Waals surface area contributed by atoms with Crippen LogP contribution in [0.3, 0.4) is 0 Å². The Balaban J connectivity index is 1.00. The zero-order valence-corrected chi connectivity index (χ0v) is 36.3. The maximum atomic E-state index is 2.45. The van der Waals surface area contributed by atoms with Crippen LogP contribution in [0.15, 0.2) is 267 Å². The smallest absolute Gasteiger partial charge is 0.0619 e. The predicted molar refractivity (Wildman–Crippen MR) is 280 cm³/mol. The van der Waals surface area contributed by atoms with E-state index in [0.29, 0.717) is 0 Å². The summed E-state index contributed by atoms with van der Waals surface area (Å²) < 4.78 is 2.45. The molecular formula is C64H44N2. The van der Waals surface area contributed by atoms with Crippen LogP contribution in [0.2, 0.25) is 0 Å². The summed E-state index contributed by atoms with van der Waals surface area (Å²) in [6.07, 6.45) is 0. The number of nitrogens with zero attached hydrogens (tertiary/aromatic N) is 2. The second kappa shape index (κ2) is 16.8. The predicted octanol–water partition coefficient (Wildman–Crippen LogP) is 17.7. The summed E-state index contributed by atoms with van der Waals surface area (Å²) in [5.41, 5.74) is 18.8.